The van der Waals surface area contributed by atoms with Gasteiger partial charge in [-0.25, -0.2) is 4.39 Å². The minimum absolute atomic E-state index is 0.199. The molecule has 5 nitrogen and oxygen atoms in total. The van der Waals surface area contributed by atoms with Crippen molar-refractivity contribution in [3.63, 3.8) is 0 Å². The van der Waals surface area contributed by atoms with Crippen molar-refractivity contribution in [1.29, 1.82) is 0 Å². The standard InChI is InChI=1S/C22H25FN4OS/c1-3-26-21(17-6-12-20(28-2)13-7-17)24-27(22(26)29)15-25(19-10-11-19)14-16-4-8-18(23)9-5-16/h4-9,12-13,19H,3,10-11,14-15H2,1-2H3/p+1. The Morgan fingerprint density at radius 1 is 1.14 bits per heavy atom. The van der Waals surface area contributed by atoms with Crippen molar-refractivity contribution in [2.45, 2.75) is 45.6 Å². The van der Waals surface area contributed by atoms with Crippen molar-refractivity contribution in [3.05, 3.63) is 64.7 Å². The highest BCUT2D eigenvalue weighted by Gasteiger charge is 2.34. The monoisotopic (exact) mass is 413 g/mol. The van der Waals surface area contributed by atoms with E-state index in [9.17, 15) is 4.39 Å². The zero-order chi connectivity index (χ0) is 20.4. The summed E-state index contributed by atoms with van der Waals surface area (Å²) in [6, 6.07) is 15.3. The molecule has 1 aliphatic rings. The third-order valence-corrected chi connectivity index (χ3v) is 5.87. The lowest BCUT2D eigenvalue weighted by molar-refractivity contribution is -0.947. The topological polar surface area (TPSA) is 36.4 Å². The molecule has 0 amide bonds. The van der Waals surface area contributed by atoms with Gasteiger partial charge in [0.05, 0.1) is 13.2 Å². The first kappa shape index (κ1) is 19.8. The molecule has 0 aliphatic heterocycles. The number of benzene rings is 2. The average molecular weight is 414 g/mol. The quantitative estimate of drug-likeness (QED) is 0.575. The van der Waals surface area contributed by atoms with Crippen molar-refractivity contribution in [3.8, 4) is 17.1 Å². The van der Waals surface area contributed by atoms with Gasteiger partial charge in [0.15, 0.2) is 12.5 Å². The van der Waals surface area contributed by atoms with Gasteiger partial charge in [-0.05, 0) is 55.5 Å². The summed E-state index contributed by atoms with van der Waals surface area (Å²) in [6.45, 7) is 4.39. The summed E-state index contributed by atoms with van der Waals surface area (Å²) >= 11 is 5.74. The summed E-state index contributed by atoms with van der Waals surface area (Å²) in [5, 5.41) is 4.87. The number of quaternary nitrogens is 1. The van der Waals surface area contributed by atoms with Gasteiger partial charge in [-0.3, -0.25) is 0 Å². The second-order valence-corrected chi connectivity index (χ2v) is 7.84. The Kier molecular flexibility index (Phi) is 5.78. The zero-order valence-electron chi connectivity index (χ0n) is 16.8. The van der Waals surface area contributed by atoms with E-state index in [4.69, 9.17) is 22.1 Å². The summed E-state index contributed by atoms with van der Waals surface area (Å²) in [4.78, 5) is 1.41. The Morgan fingerprint density at radius 3 is 2.41 bits per heavy atom. The number of nitrogens with one attached hydrogen (secondary N) is 1. The van der Waals surface area contributed by atoms with Gasteiger partial charge in [0.25, 0.3) is 0 Å². The fourth-order valence-corrected chi connectivity index (χ4v) is 3.98. The first-order valence-corrected chi connectivity index (χ1v) is 10.4. The van der Waals surface area contributed by atoms with Crippen LogP contribution < -0.4 is 9.64 Å². The van der Waals surface area contributed by atoms with Gasteiger partial charge < -0.3 is 14.2 Å². The number of hydrogen-bond donors (Lipinski definition) is 1. The molecule has 2 aromatic carbocycles. The van der Waals surface area contributed by atoms with Crippen LogP contribution in [0.15, 0.2) is 48.5 Å². The Balaban J connectivity index is 1.60. The number of ether oxygens (including phenoxy) is 1. The highest BCUT2D eigenvalue weighted by Crippen LogP contribution is 2.22. The molecule has 1 atom stereocenters. The van der Waals surface area contributed by atoms with Crippen LogP contribution in [0.2, 0.25) is 0 Å². The number of halogens is 1. The van der Waals surface area contributed by atoms with Crippen LogP contribution in [-0.2, 0) is 19.8 Å². The third-order valence-electron chi connectivity index (χ3n) is 5.44. The van der Waals surface area contributed by atoms with E-state index in [0.29, 0.717) is 12.7 Å². The lowest BCUT2D eigenvalue weighted by Gasteiger charge is -2.19. The van der Waals surface area contributed by atoms with Crippen LogP contribution in [-0.4, -0.2) is 27.5 Å². The fraction of sp³-hybridized carbons (Fsp3) is 0.364. The number of nitrogens with zero attached hydrogens (tertiary/aromatic N) is 3. The predicted octanol–water partition coefficient (Wildman–Crippen LogP) is 3.45. The molecular formula is C22H26FN4OS+. The maximum absolute atomic E-state index is 13.2. The van der Waals surface area contributed by atoms with E-state index in [-0.39, 0.29) is 5.82 Å². The Bertz CT molecular complexity index is 1020. The molecule has 1 aliphatic carbocycles. The molecule has 1 heterocycles. The molecule has 0 bridgehead atoms. The minimum Gasteiger partial charge on any atom is -0.497 e. The molecule has 0 spiro atoms. The van der Waals surface area contributed by atoms with Crippen molar-refractivity contribution < 1.29 is 14.0 Å². The summed E-state index contributed by atoms with van der Waals surface area (Å²) in [7, 11) is 1.66. The molecular weight excluding hydrogens is 387 g/mol. The Morgan fingerprint density at radius 2 is 1.83 bits per heavy atom. The Labute approximate surface area is 175 Å². The predicted molar refractivity (Wildman–Crippen MR) is 113 cm³/mol. The molecule has 1 unspecified atom stereocenters. The van der Waals surface area contributed by atoms with E-state index >= 15 is 0 Å². The van der Waals surface area contributed by atoms with Gasteiger partial charge in [0.2, 0.25) is 4.77 Å². The maximum Gasteiger partial charge on any atom is 0.203 e. The molecule has 1 saturated carbocycles. The normalized spacial score (nSPS) is 14.7. The van der Waals surface area contributed by atoms with E-state index in [1.807, 2.05) is 41.1 Å². The zero-order valence-corrected chi connectivity index (χ0v) is 17.6. The van der Waals surface area contributed by atoms with Crippen LogP contribution in [0.5, 0.6) is 5.75 Å². The van der Waals surface area contributed by atoms with Crippen LogP contribution in [0, 0.1) is 10.6 Å². The number of aromatic nitrogens is 3. The van der Waals surface area contributed by atoms with Gasteiger partial charge >= 0.3 is 0 Å². The van der Waals surface area contributed by atoms with Gasteiger partial charge in [-0.1, -0.05) is 12.1 Å². The van der Waals surface area contributed by atoms with Crippen LogP contribution >= 0.6 is 12.2 Å². The second kappa shape index (κ2) is 8.47. The second-order valence-electron chi connectivity index (χ2n) is 7.47. The SMILES string of the molecule is CCn1c(-c2ccc(OC)cc2)nn(C[NH+](Cc2ccc(F)cc2)C2CC2)c1=S. The highest BCUT2D eigenvalue weighted by atomic mass is 32.1. The fourth-order valence-electron chi connectivity index (χ4n) is 3.66. The minimum atomic E-state index is -0.199. The molecule has 1 aromatic heterocycles. The lowest BCUT2D eigenvalue weighted by atomic mass is 10.2. The number of rotatable bonds is 8. The molecule has 4 rings (SSSR count). The molecule has 1 N–H and O–H groups in total. The van der Waals surface area contributed by atoms with Crippen molar-refractivity contribution in [2.75, 3.05) is 7.11 Å². The molecule has 1 fully saturated rings. The van der Waals surface area contributed by atoms with E-state index in [1.54, 1.807) is 7.11 Å². The van der Waals surface area contributed by atoms with Crippen LogP contribution in [0.3, 0.4) is 0 Å². The molecule has 3 aromatic rings. The maximum atomic E-state index is 13.2. The third kappa shape index (κ3) is 4.41. The largest absolute Gasteiger partial charge is 0.497 e. The van der Waals surface area contributed by atoms with E-state index in [0.717, 1.165) is 40.6 Å². The number of hydrogen-bond acceptors (Lipinski definition) is 3. The number of methoxy groups -OCH3 is 1. The molecule has 0 saturated heterocycles. The van der Waals surface area contributed by atoms with Crippen molar-refractivity contribution in [1.82, 2.24) is 14.3 Å². The molecule has 0 radical (unpaired) electrons. The van der Waals surface area contributed by atoms with E-state index < -0.39 is 0 Å². The van der Waals surface area contributed by atoms with Gasteiger partial charge in [-0.2, -0.15) is 4.68 Å². The molecule has 29 heavy (non-hydrogen) atoms. The smallest absolute Gasteiger partial charge is 0.203 e. The average Bonchev–Trinajstić information content (AvgIpc) is 3.54. The summed E-state index contributed by atoms with van der Waals surface area (Å²) < 4.78 is 23.2. The van der Waals surface area contributed by atoms with Gasteiger partial charge in [-0.15, -0.1) is 5.10 Å². The summed E-state index contributed by atoms with van der Waals surface area (Å²) in [5.41, 5.74) is 2.15. The first-order valence-electron chi connectivity index (χ1n) is 10.00. The molecule has 7 heteroatoms. The van der Waals surface area contributed by atoms with Gasteiger partial charge in [0.1, 0.15) is 18.1 Å². The lowest BCUT2D eigenvalue weighted by Crippen LogP contribution is -3.11. The van der Waals surface area contributed by atoms with Gasteiger partial charge in [0, 0.05) is 30.5 Å². The highest BCUT2D eigenvalue weighted by molar-refractivity contribution is 7.71. The molecule has 152 valence electrons. The Hall–Kier alpha value is -2.51. The first-order chi connectivity index (χ1) is 14.1. The summed E-state index contributed by atoms with van der Waals surface area (Å²) in [5.74, 6) is 1.49. The van der Waals surface area contributed by atoms with Crippen LogP contribution in [0.4, 0.5) is 4.39 Å². The summed E-state index contributed by atoms with van der Waals surface area (Å²) in [6.07, 6.45) is 2.42. The van der Waals surface area contributed by atoms with Crippen molar-refractivity contribution >= 4 is 12.2 Å². The van der Waals surface area contributed by atoms with Crippen LogP contribution in [0.1, 0.15) is 25.3 Å². The van der Waals surface area contributed by atoms with Crippen LogP contribution in [0.25, 0.3) is 11.4 Å². The van der Waals surface area contributed by atoms with Crippen molar-refractivity contribution in [2.24, 2.45) is 0 Å². The van der Waals surface area contributed by atoms with E-state index in [2.05, 4.69) is 11.5 Å². The van der Waals surface area contributed by atoms with E-state index in [1.165, 1.54) is 29.9 Å².